The molecular formula is C15H12F2O. The second kappa shape index (κ2) is 5.08. The van der Waals surface area contributed by atoms with E-state index < -0.39 is 11.6 Å². The van der Waals surface area contributed by atoms with E-state index in [1.807, 2.05) is 0 Å². The molecule has 0 amide bonds. The molecule has 0 atom stereocenters. The third-order valence-electron chi connectivity index (χ3n) is 2.68. The van der Waals surface area contributed by atoms with Crippen LogP contribution in [0.15, 0.2) is 42.5 Å². The number of carbonyl (C=O) groups excluding carboxylic acids is 1. The Morgan fingerprint density at radius 3 is 2.61 bits per heavy atom. The molecule has 0 aliphatic carbocycles. The van der Waals surface area contributed by atoms with Crippen LogP contribution < -0.4 is 0 Å². The van der Waals surface area contributed by atoms with Crippen molar-refractivity contribution in [1.82, 2.24) is 0 Å². The van der Waals surface area contributed by atoms with Crippen LogP contribution in [0.3, 0.4) is 0 Å². The second-order valence-electron chi connectivity index (χ2n) is 4.21. The molecule has 2 rings (SSSR count). The molecule has 0 heterocycles. The van der Waals surface area contributed by atoms with Crippen LogP contribution in [0.25, 0.3) is 0 Å². The first kappa shape index (κ1) is 12.4. The fourth-order valence-corrected chi connectivity index (χ4v) is 1.78. The number of rotatable bonds is 3. The minimum atomic E-state index is -0.540. The average molecular weight is 246 g/mol. The molecule has 0 N–H and O–H groups in total. The smallest absolute Gasteiger partial charge is 0.170 e. The predicted molar refractivity (Wildman–Crippen MR) is 65.6 cm³/mol. The van der Waals surface area contributed by atoms with Gasteiger partial charge in [-0.15, -0.1) is 0 Å². The van der Waals surface area contributed by atoms with Crippen molar-refractivity contribution in [3.63, 3.8) is 0 Å². The Bertz CT molecular complexity index is 591. The quantitative estimate of drug-likeness (QED) is 0.755. The molecule has 2 aromatic rings. The van der Waals surface area contributed by atoms with Crippen LogP contribution >= 0.6 is 0 Å². The third kappa shape index (κ3) is 2.80. The van der Waals surface area contributed by atoms with Gasteiger partial charge in [0.05, 0.1) is 5.56 Å². The summed E-state index contributed by atoms with van der Waals surface area (Å²) in [5.74, 6) is -1.28. The van der Waals surface area contributed by atoms with Gasteiger partial charge in [0.25, 0.3) is 0 Å². The molecule has 0 spiro atoms. The number of hydrogen-bond acceptors (Lipinski definition) is 1. The third-order valence-corrected chi connectivity index (χ3v) is 2.68. The first-order chi connectivity index (χ1) is 8.56. The summed E-state index contributed by atoms with van der Waals surface area (Å²) in [6.07, 6.45) is -0.00185. The highest BCUT2D eigenvalue weighted by Crippen LogP contribution is 2.14. The van der Waals surface area contributed by atoms with E-state index in [0.717, 1.165) is 5.56 Å². The van der Waals surface area contributed by atoms with Crippen LogP contribution in [0.4, 0.5) is 8.78 Å². The van der Waals surface area contributed by atoms with E-state index in [-0.39, 0.29) is 17.8 Å². The van der Waals surface area contributed by atoms with Crippen LogP contribution in [0.2, 0.25) is 0 Å². The lowest BCUT2D eigenvalue weighted by Gasteiger charge is -2.04. The van der Waals surface area contributed by atoms with Crippen molar-refractivity contribution in [3.8, 4) is 0 Å². The van der Waals surface area contributed by atoms with Gasteiger partial charge in [0.15, 0.2) is 5.78 Å². The van der Waals surface area contributed by atoms with Gasteiger partial charge in [-0.2, -0.15) is 0 Å². The number of halogens is 2. The minimum absolute atomic E-state index is 0.00185. The lowest BCUT2D eigenvalue weighted by Crippen LogP contribution is -2.06. The summed E-state index contributed by atoms with van der Waals surface area (Å²) in [7, 11) is 0. The largest absolute Gasteiger partial charge is 0.294 e. The topological polar surface area (TPSA) is 17.1 Å². The highest BCUT2D eigenvalue weighted by Gasteiger charge is 2.12. The van der Waals surface area contributed by atoms with Gasteiger partial charge in [-0.3, -0.25) is 4.79 Å². The maximum Gasteiger partial charge on any atom is 0.170 e. The molecule has 0 bridgehead atoms. The number of aryl methyl sites for hydroxylation is 1. The Labute approximate surface area is 104 Å². The summed E-state index contributed by atoms with van der Waals surface area (Å²) in [4.78, 5) is 11.9. The summed E-state index contributed by atoms with van der Waals surface area (Å²) >= 11 is 0. The molecule has 0 saturated heterocycles. The van der Waals surface area contributed by atoms with Crippen molar-refractivity contribution in [2.75, 3.05) is 0 Å². The van der Waals surface area contributed by atoms with E-state index in [0.29, 0.717) is 5.56 Å². The van der Waals surface area contributed by atoms with Crippen molar-refractivity contribution in [3.05, 3.63) is 70.8 Å². The number of benzene rings is 2. The lowest BCUT2D eigenvalue weighted by molar-refractivity contribution is 0.0989. The fraction of sp³-hybridized carbons (Fsp3) is 0.133. The van der Waals surface area contributed by atoms with Gasteiger partial charge >= 0.3 is 0 Å². The predicted octanol–water partition coefficient (Wildman–Crippen LogP) is 3.70. The summed E-state index contributed by atoms with van der Waals surface area (Å²) in [6.45, 7) is 1.79. The minimum Gasteiger partial charge on any atom is -0.294 e. The van der Waals surface area contributed by atoms with E-state index in [1.54, 1.807) is 19.1 Å². The lowest BCUT2D eigenvalue weighted by atomic mass is 10.0. The molecule has 3 heteroatoms. The Balaban J connectivity index is 2.24. The zero-order valence-electron chi connectivity index (χ0n) is 9.91. The van der Waals surface area contributed by atoms with E-state index in [1.165, 1.54) is 30.3 Å². The molecule has 18 heavy (non-hydrogen) atoms. The molecule has 1 nitrogen and oxygen atoms in total. The molecular weight excluding hydrogens is 234 g/mol. The Kier molecular flexibility index (Phi) is 3.51. The standard InChI is InChI=1S/C15H12F2O/c1-10-5-6-14(17)13(7-10)15(18)9-11-3-2-4-12(16)8-11/h2-8H,9H2,1H3. The normalized spacial score (nSPS) is 10.4. The molecule has 0 aliphatic rings. The summed E-state index contributed by atoms with van der Waals surface area (Å²) in [5.41, 5.74) is 1.42. The van der Waals surface area contributed by atoms with Gasteiger partial charge in [-0.1, -0.05) is 23.8 Å². The van der Waals surface area contributed by atoms with Crippen molar-refractivity contribution < 1.29 is 13.6 Å². The van der Waals surface area contributed by atoms with Gasteiger partial charge < -0.3 is 0 Å². The molecule has 0 aliphatic heterocycles. The molecule has 0 saturated carbocycles. The number of hydrogen-bond donors (Lipinski definition) is 0. The van der Waals surface area contributed by atoms with Crippen LogP contribution in [-0.2, 0) is 6.42 Å². The zero-order valence-corrected chi connectivity index (χ0v) is 9.91. The molecule has 92 valence electrons. The first-order valence-corrected chi connectivity index (χ1v) is 5.60. The highest BCUT2D eigenvalue weighted by atomic mass is 19.1. The zero-order chi connectivity index (χ0) is 13.1. The van der Waals surface area contributed by atoms with Gasteiger partial charge in [0.1, 0.15) is 11.6 Å². The second-order valence-corrected chi connectivity index (χ2v) is 4.21. The van der Waals surface area contributed by atoms with Crippen LogP contribution in [0.1, 0.15) is 21.5 Å². The van der Waals surface area contributed by atoms with Crippen LogP contribution in [0, 0.1) is 18.6 Å². The fourth-order valence-electron chi connectivity index (χ4n) is 1.78. The molecule has 0 fully saturated rings. The highest BCUT2D eigenvalue weighted by molar-refractivity contribution is 5.97. The SMILES string of the molecule is Cc1ccc(F)c(C(=O)Cc2cccc(F)c2)c1. The first-order valence-electron chi connectivity index (χ1n) is 5.60. The van der Waals surface area contributed by atoms with Crippen LogP contribution in [-0.4, -0.2) is 5.78 Å². The molecule has 2 aromatic carbocycles. The van der Waals surface area contributed by atoms with Crippen molar-refractivity contribution in [1.29, 1.82) is 0 Å². The summed E-state index contributed by atoms with van der Waals surface area (Å²) in [5, 5.41) is 0. The Morgan fingerprint density at radius 1 is 1.11 bits per heavy atom. The molecule has 0 aromatic heterocycles. The van der Waals surface area contributed by atoms with Gasteiger partial charge in [-0.05, 0) is 36.8 Å². The van der Waals surface area contributed by atoms with Crippen molar-refractivity contribution >= 4 is 5.78 Å². The summed E-state index contributed by atoms with van der Waals surface area (Å²) in [6, 6.07) is 10.2. The summed E-state index contributed by atoms with van der Waals surface area (Å²) < 4.78 is 26.5. The molecule has 0 radical (unpaired) electrons. The Hall–Kier alpha value is -2.03. The van der Waals surface area contributed by atoms with E-state index in [9.17, 15) is 13.6 Å². The molecule has 0 unspecified atom stereocenters. The van der Waals surface area contributed by atoms with Gasteiger partial charge in [0, 0.05) is 6.42 Å². The van der Waals surface area contributed by atoms with Crippen molar-refractivity contribution in [2.24, 2.45) is 0 Å². The number of ketones is 1. The van der Waals surface area contributed by atoms with E-state index in [2.05, 4.69) is 0 Å². The van der Waals surface area contributed by atoms with E-state index >= 15 is 0 Å². The maximum absolute atomic E-state index is 13.5. The van der Waals surface area contributed by atoms with E-state index in [4.69, 9.17) is 0 Å². The monoisotopic (exact) mass is 246 g/mol. The van der Waals surface area contributed by atoms with Gasteiger partial charge in [0.2, 0.25) is 0 Å². The average Bonchev–Trinajstić information content (AvgIpc) is 2.32. The van der Waals surface area contributed by atoms with Gasteiger partial charge in [-0.25, -0.2) is 8.78 Å². The number of Topliss-reactive ketones (excluding diaryl/α,β-unsaturated/α-hetero) is 1. The number of carbonyl (C=O) groups is 1. The van der Waals surface area contributed by atoms with Crippen molar-refractivity contribution in [2.45, 2.75) is 13.3 Å². The van der Waals surface area contributed by atoms with Crippen LogP contribution in [0.5, 0.6) is 0 Å². The maximum atomic E-state index is 13.5. The Morgan fingerprint density at radius 2 is 1.89 bits per heavy atom.